The maximum atomic E-state index is 12.1. The minimum absolute atomic E-state index is 0.220. The largest absolute Gasteiger partial charge is 0.489 e. The maximum Gasteiger partial charge on any atom is 0.271 e. The SMILES string of the molecule is Cc1ccccc1C(=O)N/N=C/c1ccc(OCc2ccccc2)cc1. The summed E-state index contributed by atoms with van der Waals surface area (Å²) in [6.07, 6.45) is 1.61. The van der Waals surface area contributed by atoms with Gasteiger partial charge in [0.25, 0.3) is 5.91 Å². The molecule has 0 radical (unpaired) electrons. The molecule has 0 atom stereocenters. The second kappa shape index (κ2) is 8.62. The molecule has 0 aliphatic rings. The van der Waals surface area contributed by atoms with E-state index in [9.17, 15) is 4.79 Å². The predicted molar refractivity (Wildman–Crippen MR) is 103 cm³/mol. The molecule has 0 aromatic heterocycles. The summed E-state index contributed by atoms with van der Waals surface area (Å²) in [6, 6.07) is 25.0. The number of hydrogen-bond donors (Lipinski definition) is 1. The zero-order valence-corrected chi connectivity index (χ0v) is 14.6. The average Bonchev–Trinajstić information content (AvgIpc) is 2.68. The molecule has 130 valence electrons. The van der Waals surface area contributed by atoms with Crippen LogP contribution in [0, 0.1) is 6.92 Å². The van der Waals surface area contributed by atoms with Gasteiger partial charge in [0.2, 0.25) is 0 Å². The second-order valence-corrected chi connectivity index (χ2v) is 5.86. The molecule has 3 rings (SSSR count). The van der Waals surface area contributed by atoms with Crippen LogP contribution in [-0.2, 0) is 6.61 Å². The van der Waals surface area contributed by atoms with Gasteiger partial charge in [0, 0.05) is 5.56 Å². The van der Waals surface area contributed by atoms with Crippen LogP contribution < -0.4 is 10.2 Å². The molecule has 0 bridgehead atoms. The predicted octanol–water partition coefficient (Wildman–Crippen LogP) is 4.34. The lowest BCUT2D eigenvalue weighted by Crippen LogP contribution is -2.18. The highest BCUT2D eigenvalue weighted by atomic mass is 16.5. The van der Waals surface area contributed by atoms with Crippen molar-refractivity contribution in [3.8, 4) is 5.75 Å². The molecule has 26 heavy (non-hydrogen) atoms. The lowest BCUT2D eigenvalue weighted by Gasteiger charge is -2.06. The van der Waals surface area contributed by atoms with Crippen LogP contribution in [0.2, 0.25) is 0 Å². The van der Waals surface area contributed by atoms with Crippen LogP contribution in [0.5, 0.6) is 5.75 Å². The van der Waals surface area contributed by atoms with Gasteiger partial charge >= 0.3 is 0 Å². The number of hydrogen-bond acceptors (Lipinski definition) is 3. The van der Waals surface area contributed by atoms with E-state index in [1.54, 1.807) is 12.3 Å². The monoisotopic (exact) mass is 344 g/mol. The quantitative estimate of drug-likeness (QED) is 0.534. The summed E-state index contributed by atoms with van der Waals surface area (Å²) < 4.78 is 5.75. The first-order valence-corrected chi connectivity index (χ1v) is 8.38. The van der Waals surface area contributed by atoms with Gasteiger partial charge in [-0.2, -0.15) is 5.10 Å². The number of carbonyl (C=O) groups excluding carboxylic acids is 1. The number of carbonyl (C=O) groups is 1. The van der Waals surface area contributed by atoms with Gasteiger partial charge in [-0.15, -0.1) is 0 Å². The van der Waals surface area contributed by atoms with Gasteiger partial charge in [-0.1, -0.05) is 48.5 Å². The van der Waals surface area contributed by atoms with Crippen LogP contribution in [0.1, 0.15) is 27.0 Å². The average molecular weight is 344 g/mol. The molecule has 3 aromatic carbocycles. The van der Waals surface area contributed by atoms with E-state index < -0.39 is 0 Å². The minimum Gasteiger partial charge on any atom is -0.489 e. The number of rotatable bonds is 6. The summed E-state index contributed by atoms with van der Waals surface area (Å²) in [7, 11) is 0. The van der Waals surface area contributed by atoms with Crippen LogP contribution in [0.15, 0.2) is 84.0 Å². The first-order chi connectivity index (χ1) is 12.7. The van der Waals surface area contributed by atoms with E-state index in [-0.39, 0.29) is 5.91 Å². The van der Waals surface area contributed by atoms with E-state index in [4.69, 9.17) is 4.74 Å². The molecule has 0 saturated carbocycles. The Balaban J connectivity index is 1.53. The molecule has 0 unspecified atom stereocenters. The number of benzene rings is 3. The van der Waals surface area contributed by atoms with Crippen molar-refractivity contribution in [1.82, 2.24) is 5.43 Å². The molecular formula is C22H20N2O2. The second-order valence-electron chi connectivity index (χ2n) is 5.86. The Morgan fingerprint density at radius 2 is 1.65 bits per heavy atom. The molecule has 0 aliphatic carbocycles. The third-order valence-electron chi connectivity index (χ3n) is 3.90. The Labute approximate surface area is 153 Å². The smallest absolute Gasteiger partial charge is 0.271 e. The summed E-state index contributed by atoms with van der Waals surface area (Å²) in [4.78, 5) is 12.1. The molecule has 0 aliphatic heterocycles. The lowest BCUT2D eigenvalue weighted by atomic mass is 10.1. The summed E-state index contributed by atoms with van der Waals surface area (Å²) in [5, 5.41) is 4.02. The van der Waals surface area contributed by atoms with Crippen molar-refractivity contribution in [2.45, 2.75) is 13.5 Å². The highest BCUT2D eigenvalue weighted by Gasteiger charge is 2.06. The van der Waals surface area contributed by atoms with Crippen LogP contribution in [0.25, 0.3) is 0 Å². The van der Waals surface area contributed by atoms with E-state index in [2.05, 4.69) is 10.5 Å². The molecule has 1 amide bonds. The fourth-order valence-electron chi connectivity index (χ4n) is 2.44. The van der Waals surface area contributed by atoms with E-state index >= 15 is 0 Å². The lowest BCUT2D eigenvalue weighted by molar-refractivity contribution is 0.0954. The fraction of sp³-hybridized carbons (Fsp3) is 0.0909. The molecule has 3 aromatic rings. The number of nitrogens with zero attached hydrogens (tertiary/aromatic N) is 1. The first kappa shape index (κ1) is 17.4. The van der Waals surface area contributed by atoms with Gasteiger partial charge in [-0.3, -0.25) is 4.79 Å². The van der Waals surface area contributed by atoms with Gasteiger partial charge in [0.15, 0.2) is 0 Å². The van der Waals surface area contributed by atoms with Gasteiger partial charge in [-0.05, 0) is 53.9 Å². The molecule has 0 fully saturated rings. The van der Waals surface area contributed by atoms with Crippen LogP contribution >= 0.6 is 0 Å². The van der Waals surface area contributed by atoms with E-state index in [0.717, 1.165) is 22.4 Å². The molecule has 0 heterocycles. The van der Waals surface area contributed by atoms with Crippen molar-refractivity contribution in [3.63, 3.8) is 0 Å². The molecule has 4 nitrogen and oxygen atoms in total. The standard InChI is InChI=1S/C22H20N2O2/c1-17-7-5-6-10-21(17)22(25)24-23-15-18-11-13-20(14-12-18)26-16-19-8-3-2-4-9-19/h2-15H,16H2,1H3,(H,24,25)/b23-15+. The third-order valence-corrected chi connectivity index (χ3v) is 3.90. The van der Waals surface area contributed by atoms with E-state index in [1.165, 1.54) is 0 Å². The number of aryl methyl sites for hydroxylation is 1. The Hall–Kier alpha value is -3.40. The maximum absolute atomic E-state index is 12.1. The van der Waals surface area contributed by atoms with Crippen molar-refractivity contribution in [2.24, 2.45) is 5.10 Å². The van der Waals surface area contributed by atoms with Crippen molar-refractivity contribution in [1.29, 1.82) is 0 Å². The van der Waals surface area contributed by atoms with Gasteiger partial charge in [0.05, 0.1) is 6.21 Å². The summed E-state index contributed by atoms with van der Waals surface area (Å²) in [5.74, 6) is 0.567. The van der Waals surface area contributed by atoms with Gasteiger partial charge in [0.1, 0.15) is 12.4 Å². The Bertz CT molecular complexity index is 888. The Morgan fingerprint density at radius 3 is 2.38 bits per heavy atom. The van der Waals surface area contributed by atoms with Crippen molar-refractivity contribution in [2.75, 3.05) is 0 Å². The van der Waals surface area contributed by atoms with Crippen molar-refractivity contribution in [3.05, 3.63) is 101 Å². The fourth-order valence-corrected chi connectivity index (χ4v) is 2.44. The number of hydrazone groups is 1. The van der Waals surface area contributed by atoms with Crippen LogP contribution in [-0.4, -0.2) is 12.1 Å². The Kier molecular flexibility index (Phi) is 5.78. The molecule has 0 saturated heterocycles. The summed E-state index contributed by atoms with van der Waals surface area (Å²) in [6.45, 7) is 2.42. The van der Waals surface area contributed by atoms with Gasteiger partial charge < -0.3 is 4.74 Å². The summed E-state index contributed by atoms with van der Waals surface area (Å²) >= 11 is 0. The van der Waals surface area contributed by atoms with Crippen LogP contribution in [0.3, 0.4) is 0 Å². The normalized spacial score (nSPS) is 10.7. The van der Waals surface area contributed by atoms with Crippen molar-refractivity contribution >= 4 is 12.1 Å². The topological polar surface area (TPSA) is 50.7 Å². The third kappa shape index (κ3) is 4.80. The van der Waals surface area contributed by atoms with E-state index in [0.29, 0.717) is 12.2 Å². The van der Waals surface area contributed by atoms with Crippen molar-refractivity contribution < 1.29 is 9.53 Å². The summed E-state index contributed by atoms with van der Waals surface area (Å²) in [5.41, 5.74) is 6.08. The highest BCUT2D eigenvalue weighted by molar-refractivity contribution is 5.96. The minimum atomic E-state index is -0.220. The number of nitrogens with one attached hydrogen (secondary N) is 1. The number of ether oxygens (including phenoxy) is 1. The molecule has 0 spiro atoms. The Morgan fingerprint density at radius 1 is 0.962 bits per heavy atom. The van der Waals surface area contributed by atoms with Crippen LogP contribution in [0.4, 0.5) is 0 Å². The number of amides is 1. The van der Waals surface area contributed by atoms with Gasteiger partial charge in [-0.25, -0.2) is 5.43 Å². The zero-order valence-electron chi connectivity index (χ0n) is 14.6. The molecular weight excluding hydrogens is 324 g/mol. The van der Waals surface area contributed by atoms with E-state index in [1.807, 2.05) is 79.7 Å². The highest BCUT2D eigenvalue weighted by Crippen LogP contribution is 2.13. The molecule has 1 N–H and O–H groups in total. The zero-order chi connectivity index (χ0) is 18.2. The first-order valence-electron chi connectivity index (χ1n) is 8.38. The molecule has 4 heteroatoms.